The van der Waals surface area contributed by atoms with E-state index in [0.29, 0.717) is 0 Å². The lowest BCUT2D eigenvalue weighted by atomic mass is 9.43. The van der Waals surface area contributed by atoms with E-state index in [2.05, 4.69) is 193 Å². The number of anilines is 3. The Morgan fingerprint density at radius 3 is 1.31 bits per heavy atom. The summed E-state index contributed by atoms with van der Waals surface area (Å²) >= 11 is 0. The van der Waals surface area contributed by atoms with Crippen LogP contribution in [0.1, 0.15) is 86.5 Å². The molecule has 0 unspecified atom stereocenters. The molecule has 0 N–H and O–H groups in total. The number of hydrogen-bond acceptors (Lipinski definition) is 1. The molecule has 316 valence electrons. The van der Waals surface area contributed by atoms with Crippen molar-refractivity contribution in [3.63, 3.8) is 0 Å². The Labute approximate surface area is 384 Å². The summed E-state index contributed by atoms with van der Waals surface area (Å²) in [6, 6.07) is 72.1. The molecule has 0 radical (unpaired) electrons. The maximum atomic E-state index is 2.62. The van der Waals surface area contributed by atoms with Crippen molar-refractivity contribution < 1.29 is 0 Å². The fraction of sp³-hybridized carbons (Fsp3) is 0.250. The van der Waals surface area contributed by atoms with Crippen LogP contribution < -0.4 is 4.90 Å². The van der Waals surface area contributed by atoms with Crippen LogP contribution in [0, 0.1) is 23.7 Å². The van der Waals surface area contributed by atoms with E-state index in [1.807, 2.05) is 0 Å². The summed E-state index contributed by atoms with van der Waals surface area (Å²) in [5.74, 6) is 3.41. The number of benzene rings is 8. The van der Waals surface area contributed by atoms with Gasteiger partial charge in [0.15, 0.2) is 0 Å². The summed E-state index contributed by atoms with van der Waals surface area (Å²) in [6.07, 6.45) is 13.6. The second-order valence-corrected chi connectivity index (χ2v) is 20.8. The minimum absolute atomic E-state index is 0.149. The average Bonchev–Trinajstić information content (AvgIpc) is 3.80. The zero-order valence-electron chi connectivity index (χ0n) is 37.2. The fourth-order valence-electron chi connectivity index (χ4n) is 15.1. The van der Waals surface area contributed by atoms with Crippen molar-refractivity contribution in [2.75, 3.05) is 4.90 Å². The predicted octanol–water partition coefficient (Wildman–Crippen LogP) is 17.1. The molecule has 0 amide bonds. The zero-order valence-corrected chi connectivity index (χ0v) is 37.2. The average molecular weight is 838 g/mol. The summed E-state index contributed by atoms with van der Waals surface area (Å²) in [7, 11) is 0. The van der Waals surface area contributed by atoms with Gasteiger partial charge in [-0.25, -0.2) is 0 Å². The third-order valence-corrected chi connectivity index (χ3v) is 17.7. The number of hydrogen-bond donors (Lipinski definition) is 0. The molecular formula is C64H55N. The molecule has 0 heterocycles. The lowest BCUT2D eigenvalue weighted by Gasteiger charge is -2.61. The van der Waals surface area contributed by atoms with Crippen molar-refractivity contribution in [1.29, 1.82) is 0 Å². The van der Waals surface area contributed by atoms with Crippen molar-refractivity contribution in [2.45, 2.75) is 75.0 Å². The van der Waals surface area contributed by atoms with Crippen LogP contribution >= 0.6 is 0 Å². The molecule has 4 bridgehead atoms. The summed E-state index contributed by atoms with van der Waals surface area (Å²) in [4.78, 5) is 2.43. The molecular weight excluding hydrogens is 783 g/mol. The van der Waals surface area contributed by atoms with E-state index in [9.17, 15) is 0 Å². The monoisotopic (exact) mass is 837 g/mol. The quantitative estimate of drug-likeness (QED) is 0.161. The van der Waals surface area contributed by atoms with Gasteiger partial charge in [-0.05, 0) is 195 Å². The molecule has 0 saturated heterocycles. The van der Waals surface area contributed by atoms with E-state index < -0.39 is 0 Å². The van der Waals surface area contributed by atoms with Crippen LogP contribution in [0.25, 0.3) is 55.6 Å². The van der Waals surface area contributed by atoms with Crippen molar-refractivity contribution >= 4 is 17.1 Å². The van der Waals surface area contributed by atoms with Gasteiger partial charge in [0.25, 0.3) is 0 Å². The summed E-state index contributed by atoms with van der Waals surface area (Å²) in [5.41, 5.74) is 23.7. The molecule has 1 nitrogen and oxygen atoms in total. The first-order chi connectivity index (χ1) is 32.1. The van der Waals surface area contributed by atoms with Crippen molar-refractivity contribution in [3.05, 3.63) is 210 Å². The highest BCUT2D eigenvalue weighted by Crippen LogP contribution is 2.69. The molecule has 7 aliphatic carbocycles. The first-order valence-corrected chi connectivity index (χ1v) is 24.8. The van der Waals surface area contributed by atoms with Crippen molar-refractivity contribution in [3.8, 4) is 55.6 Å². The topological polar surface area (TPSA) is 3.24 Å². The Hall–Kier alpha value is -6.44. The largest absolute Gasteiger partial charge is 0.311 e. The second kappa shape index (κ2) is 14.5. The molecule has 65 heavy (non-hydrogen) atoms. The molecule has 8 aromatic rings. The first kappa shape index (κ1) is 37.9. The lowest BCUT2D eigenvalue weighted by Crippen LogP contribution is -2.55. The molecule has 0 atom stereocenters. The molecule has 0 aliphatic heterocycles. The highest BCUT2D eigenvalue weighted by atomic mass is 15.1. The minimum atomic E-state index is 0.149. The van der Waals surface area contributed by atoms with Gasteiger partial charge in [0.2, 0.25) is 0 Å². The standard InChI is InChI=1S/C64H55N/c1-3-11-44(12-4-1)45-17-25-52(26-18-45)65(53-27-19-46(20-28-53)48-23-31-57-55-13-5-7-15-59(55)63(61(57)40-48)33-9-2-10-34-63)54-29-21-47(22-30-54)49-24-32-58-56-14-6-8-16-60(56)64(62(58)41-49)50-36-42-35-43(38-50)39-51(64)37-42/h1,3-8,11-32,40-43,50-51H,2,9-10,33-39H2/t42-,43?,50-,51-,64+/m1/s1. The smallest absolute Gasteiger partial charge is 0.0462 e. The van der Waals surface area contributed by atoms with Gasteiger partial charge in [-0.3, -0.25) is 0 Å². The van der Waals surface area contributed by atoms with E-state index >= 15 is 0 Å². The van der Waals surface area contributed by atoms with Crippen LogP contribution in [-0.4, -0.2) is 0 Å². The Balaban J connectivity index is 0.825. The van der Waals surface area contributed by atoms with E-state index in [0.717, 1.165) is 40.7 Å². The number of nitrogens with zero attached hydrogens (tertiary/aromatic N) is 1. The van der Waals surface area contributed by atoms with Crippen LogP contribution in [0.5, 0.6) is 0 Å². The van der Waals surface area contributed by atoms with Crippen LogP contribution in [0.3, 0.4) is 0 Å². The van der Waals surface area contributed by atoms with E-state index in [4.69, 9.17) is 0 Å². The molecule has 8 aromatic carbocycles. The van der Waals surface area contributed by atoms with Gasteiger partial charge in [-0.2, -0.15) is 0 Å². The van der Waals surface area contributed by atoms with Gasteiger partial charge in [0.05, 0.1) is 0 Å². The van der Waals surface area contributed by atoms with Gasteiger partial charge in [0.1, 0.15) is 0 Å². The summed E-state index contributed by atoms with van der Waals surface area (Å²) in [5, 5.41) is 0. The maximum absolute atomic E-state index is 2.62. The summed E-state index contributed by atoms with van der Waals surface area (Å²) in [6.45, 7) is 0. The first-order valence-electron chi connectivity index (χ1n) is 24.8. The van der Waals surface area contributed by atoms with Crippen LogP contribution in [-0.2, 0) is 10.8 Å². The molecule has 1 heteroatoms. The van der Waals surface area contributed by atoms with Crippen molar-refractivity contribution in [1.82, 2.24) is 0 Å². The second-order valence-electron chi connectivity index (χ2n) is 20.8. The maximum Gasteiger partial charge on any atom is 0.0462 e. The van der Waals surface area contributed by atoms with Crippen LogP contribution in [0.15, 0.2) is 188 Å². The third-order valence-electron chi connectivity index (χ3n) is 17.7. The van der Waals surface area contributed by atoms with E-state index in [1.165, 1.54) is 120 Å². The Kier molecular flexibility index (Phi) is 8.47. The Morgan fingerprint density at radius 1 is 0.323 bits per heavy atom. The van der Waals surface area contributed by atoms with Gasteiger partial charge in [0, 0.05) is 27.9 Å². The molecule has 2 spiro atoms. The van der Waals surface area contributed by atoms with Crippen LogP contribution in [0.4, 0.5) is 17.1 Å². The SMILES string of the molecule is c1ccc(-c2ccc(N(c3ccc(-c4ccc5c(c4)C4(CCCCC4)c4ccccc4-5)cc3)c3ccc(-c4ccc5c(c4)[C@]4(c6ccccc6-5)[C@H]5CC6C[C@@H](C5)C[C@@H]4C6)cc3)cc2)cc1. The highest BCUT2D eigenvalue weighted by molar-refractivity contribution is 5.87. The molecule has 5 saturated carbocycles. The number of rotatable bonds is 6. The van der Waals surface area contributed by atoms with E-state index in [1.54, 1.807) is 22.3 Å². The van der Waals surface area contributed by atoms with E-state index in [-0.39, 0.29) is 10.8 Å². The Morgan fingerprint density at radius 2 is 0.738 bits per heavy atom. The predicted molar refractivity (Wildman–Crippen MR) is 270 cm³/mol. The Bertz CT molecular complexity index is 3080. The zero-order chi connectivity index (χ0) is 42.7. The fourth-order valence-corrected chi connectivity index (χ4v) is 15.1. The highest BCUT2D eigenvalue weighted by Gasteiger charge is 2.61. The minimum Gasteiger partial charge on any atom is -0.311 e. The number of fused-ring (bicyclic) bond motifs is 8. The summed E-state index contributed by atoms with van der Waals surface area (Å²) < 4.78 is 0. The van der Waals surface area contributed by atoms with Gasteiger partial charge >= 0.3 is 0 Å². The van der Waals surface area contributed by atoms with Crippen LogP contribution in [0.2, 0.25) is 0 Å². The third kappa shape index (κ3) is 5.64. The van der Waals surface area contributed by atoms with Gasteiger partial charge in [-0.15, -0.1) is 0 Å². The van der Waals surface area contributed by atoms with Gasteiger partial charge in [-0.1, -0.05) is 159 Å². The van der Waals surface area contributed by atoms with Gasteiger partial charge < -0.3 is 4.90 Å². The lowest BCUT2D eigenvalue weighted by molar-refractivity contribution is -0.0399. The normalized spacial score (nSPS) is 23.6. The molecule has 5 fully saturated rings. The molecule has 15 rings (SSSR count). The molecule has 0 aromatic heterocycles. The molecule has 7 aliphatic rings. The van der Waals surface area contributed by atoms with Crippen molar-refractivity contribution in [2.24, 2.45) is 23.7 Å².